The fraction of sp³-hybridized carbons (Fsp3) is 0.500. The summed E-state index contributed by atoms with van der Waals surface area (Å²) in [6, 6.07) is 1.79. The molecule has 0 amide bonds. The third kappa shape index (κ3) is 2.48. The number of methoxy groups -OCH3 is 1. The van der Waals surface area contributed by atoms with Gasteiger partial charge in [-0.05, 0) is 24.8 Å². The molecule has 0 bridgehead atoms. The van der Waals surface area contributed by atoms with E-state index in [1.165, 1.54) is 18.4 Å². The number of carbonyl (C=O) groups excluding carboxylic acids is 1. The molecule has 0 fully saturated rings. The van der Waals surface area contributed by atoms with Crippen LogP contribution in [0.1, 0.15) is 29.9 Å². The van der Waals surface area contributed by atoms with Crippen molar-refractivity contribution in [3.05, 3.63) is 16.3 Å². The molecular weight excluding hydrogens is 200 g/mol. The Labute approximate surface area is 87.7 Å². The maximum Gasteiger partial charge on any atom is 0.351 e. The minimum Gasteiger partial charge on any atom is -0.489 e. The number of hydrogen-bond donors (Lipinski definition) is 0. The summed E-state index contributed by atoms with van der Waals surface area (Å²) in [7, 11) is 1.37. The second-order valence-corrected chi connectivity index (χ2v) is 3.86. The Kier molecular flexibility index (Phi) is 3.95. The van der Waals surface area contributed by atoms with Crippen LogP contribution in [-0.2, 0) is 4.74 Å². The van der Waals surface area contributed by atoms with Crippen LogP contribution in [0.5, 0.6) is 5.75 Å². The van der Waals surface area contributed by atoms with Gasteiger partial charge >= 0.3 is 5.97 Å². The van der Waals surface area contributed by atoms with Crippen molar-refractivity contribution in [2.75, 3.05) is 7.11 Å². The standard InChI is InChI=1S/C10H14O3S/c1-4-7(2)13-8-5-6-14-9(8)10(11)12-3/h5-7H,4H2,1-3H3. The normalized spacial score (nSPS) is 12.2. The summed E-state index contributed by atoms with van der Waals surface area (Å²) in [5.74, 6) is 0.287. The van der Waals surface area contributed by atoms with Gasteiger partial charge in [-0.25, -0.2) is 4.79 Å². The summed E-state index contributed by atoms with van der Waals surface area (Å²) in [5.41, 5.74) is 0. The molecule has 1 aromatic rings. The molecule has 0 aliphatic rings. The second-order valence-electron chi connectivity index (χ2n) is 2.94. The highest BCUT2D eigenvalue weighted by Gasteiger charge is 2.15. The molecule has 78 valence electrons. The predicted octanol–water partition coefficient (Wildman–Crippen LogP) is 2.71. The summed E-state index contributed by atoms with van der Waals surface area (Å²) >= 11 is 1.34. The van der Waals surface area contributed by atoms with E-state index in [4.69, 9.17) is 4.74 Å². The fourth-order valence-electron chi connectivity index (χ4n) is 0.932. The van der Waals surface area contributed by atoms with Crippen LogP contribution in [0.25, 0.3) is 0 Å². The molecule has 4 heteroatoms. The summed E-state index contributed by atoms with van der Waals surface area (Å²) in [4.78, 5) is 11.8. The SMILES string of the molecule is CCC(C)Oc1ccsc1C(=O)OC. The quantitative estimate of drug-likeness (QED) is 0.723. The largest absolute Gasteiger partial charge is 0.489 e. The van der Waals surface area contributed by atoms with E-state index >= 15 is 0 Å². The highest BCUT2D eigenvalue weighted by atomic mass is 32.1. The van der Waals surface area contributed by atoms with Gasteiger partial charge in [-0.15, -0.1) is 11.3 Å². The van der Waals surface area contributed by atoms with Gasteiger partial charge in [0, 0.05) is 0 Å². The van der Waals surface area contributed by atoms with E-state index in [0.29, 0.717) is 10.6 Å². The van der Waals surface area contributed by atoms with Gasteiger partial charge in [-0.2, -0.15) is 0 Å². The minimum atomic E-state index is -0.335. The molecule has 1 unspecified atom stereocenters. The Balaban J connectivity index is 2.77. The van der Waals surface area contributed by atoms with Gasteiger partial charge in [0.15, 0.2) is 4.88 Å². The molecule has 0 saturated heterocycles. The Hall–Kier alpha value is -1.03. The zero-order chi connectivity index (χ0) is 10.6. The van der Waals surface area contributed by atoms with Gasteiger partial charge in [0.25, 0.3) is 0 Å². The number of hydrogen-bond acceptors (Lipinski definition) is 4. The van der Waals surface area contributed by atoms with Gasteiger partial charge in [0.1, 0.15) is 5.75 Å². The van der Waals surface area contributed by atoms with E-state index in [1.54, 1.807) is 6.07 Å². The van der Waals surface area contributed by atoms with E-state index < -0.39 is 0 Å². The average molecular weight is 214 g/mol. The summed E-state index contributed by atoms with van der Waals surface area (Å²) in [6.07, 6.45) is 1.03. The lowest BCUT2D eigenvalue weighted by Crippen LogP contribution is -2.11. The van der Waals surface area contributed by atoms with Gasteiger partial charge in [0.05, 0.1) is 13.2 Å². The first-order chi connectivity index (χ1) is 6.69. The van der Waals surface area contributed by atoms with Crippen molar-refractivity contribution in [3.8, 4) is 5.75 Å². The lowest BCUT2D eigenvalue weighted by Gasteiger charge is -2.11. The fourth-order valence-corrected chi connectivity index (χ4v) is 1.67. The molecule has 0 aliphatic carbocycles. The van der Waals surface area contributed by atoms with E-state index in [0.717, 1.165) is 6.42 Å². The van der Waals surface area contributed by atoms with Crippen LogP contribution in [0.3, 0.4) is 0 Å². The van der Waals surface area contributed by atoms with Gasteiger partial charge in [-0.1, -0.05) is 6.92 Å². The first-order valence-electron chi connectivity index (χ1n) is 4.51. The number of ether oxygens (including phenoxy) is 2. The van der Waals surface area contributed by atoms with Gasteiger partial charge in [-0.3, -0.25) is 0 Å². The summed E-state index contributed by atoms with van der Waals surface area (Å²) in [5, 5.41) is 1.82. The molecule has 1 heterocycles. The Bertz CT molecular complexity index is 306. The van der Waals surface area contributed by atoms with Gasteiger partial charge in [0.2, 0.25) is 0 Å². The van der Waals surface area contributed by atoms with E-state index in [9.17, 15) is 4.79 Å². The maximum absolute atomic E-state index is 11.3. The first kappa shape index (κ1) is 11.0. The molecule has 14 heavy (non-hydrogen) atoms. The molecule has 1 aromatic heterocycles. The van der Waals surface area contributed by atoms with E-state index in [-0.39, 0.29) is 12.1 Å². The molecule has 3 nitrogen and oxygen atoms in total. The maximum atomic E-state index is 11.3. The van der Waals surface area contributed by atoms with E-state index in [1.807, 2.05) is 19.2 Å². The molecule has 0 N–H and O–H groups in total. The topological polar surface area (TPSA) is 35.5 Å². The van der Waals surface area contributed by atoms with Crippen molar-refractivity contribution in [2.45, 2.75) is 26.4 Å². The van der Waals surface area contributed by atoms with Crippen LogP contribution in [0.2, 0.25) is 0 Å². The van der Waals surface area contributed by atoms with E-state index in [2.05, 4.69) is 4.74 Å². The molecule has 0 aliphatic heterocycles. The second kappa shape index (κ2) is 5.00. The van der Waals surface area contributed by atoms with Crippen molar-refractivity contribution >= 4 is 17.3 Å². The molecule has 1 rings (SSSR count). The van der Waals surface area contributed by atoms with Crippen LogP contribution in [-0.4, -0.2) is 19.2 Å². The van der Waals surface area contributed by atoms with Crippen LogP contribution in [0.15, 0.2) is 11.4 Å². The summed E-state index contributed by atoms with van der Waals surface area (Å²) in [6.45, 7) is 4.01. The predicted molar refractivity (Wildman–Crippen MR) is 56.0 cm³/mol. The van der Waals surface area contributed by atoms with Crippen LogP contribution in [0.4, 0.5) is 0 Å². The zero-order valence-corrected chi connectivity index (χ0v) is 9.39. The number of thiophene rings is 1. The molecule has 0 aromatic carbocycles. The summed E-state index contributed by atoms with van der Waals surface area (Å²) < 4.78 is 10.2. The Morgan fingerprint density at radius 3 is 2.93 bits per heavy atom. The van der Waals surface area contributed by atoms with Crippen molar-refractivity contribution in [2.24, 2.45) is 0 Å². The molecule has 1 atom stereocenters. The smallest absolute Gasteiger partial charge is 0.351 e. The molecule has 0 saturated carbocycles. The molecular formula is C10H14O3S. The van der Waals surface area contributed by atoms with Crippen LogP contribution in [0, 0.1) is 0 Å². The highest BCUT2D eigenvalue weighted by Crippen LogP contribution is 2.26. The van der Waals surface area contributed by atoms with Crippen molar-refractivity contribution in [1.82, 2.24) is 0 Å². The van der Waals surface area contributed by atoms with Gasteiger partial charge < -0.3 is 9.47 Å². The lowest BCUT2D eigenvalue weighted by molar-refractivity contribution is 0.0600. The number of carbonyl (C=O) groups is 1. The third-order valence-electron chi connectivity index (χ3n) is 1.90. The van der Waals surface area contributed by atoms with Crippen LogP contribution < -0.4 is 4.74 Å². The van der Waals surface area contributed by atoms with Crippen LogP contribution >= 0.6 is 11.3 Å². The lowest BCUT2D eigenvalue weighted by atomic mass is 10.3. The third-order valence-corrected chi connectivity index (χ3v) is 2.78. The Morgan fingerprint density at radius 1 is 1.64 bits per heavy atom. The first-order valence-corrected chi connectivity index (χ1v) is 5.39. The monoisotopic (exact) mass is 214 g/mol. The average Bonchev–Trinajstić information content (AvgIpc) is 2.64. The number of rotatable bonds is 4. The molecule has 0 spiro atoms. The highest BCUT2D eigenvalue weighted by molar-refractivity contribution is 7.12. The molecule has 0 radical (unpaired) electrons. The van der Waals surface area contributed by atoms with Crippen molar-refractivity contribution in [1.29, 1.82) is 0 Å². The van der Waals surface area contributed by atoms with Crippen molar-refractivity contribution in [3.63, 3.8) is 0 Å². The number of esters is 1. The minimum absolute atomic E-state index is 0.119. The zero-order valence-electron chi connectivity index (χ0n) is 8.57. The van der Waals surface area contributed by atoms with Crippen molar-refractivity contribution < 1.29 is 14.3 Å². The Morgan fingerprint density at radius 2 is 2.36 bits per heavy atom.